The molecular weight excluding hydrogens is 245 g/mol. The lowest BCUT2D eigenvalue weighted by atomic mass is 9.93. The fourth-order valence-corrected chi connectivity index (χ4v) is 1.90. The molecule has 0 aliphatic heterocycles. The Balaban J connectivity index is 2.69. The van der Waals surface area contributed by atoms with Crippen LogP contribution in [0.4, 0.5) is 4.39 Å². The average Bonchev–Trinajstić information content (AvgIpc) is 2.33. The first-order chi connectivity index (χ1) is 8.80. The van der Waals surface area contributed by atoms with Crippen molar-refractivity contribution in [2.45, 2.75) is 44.9 Å². The predicted molar refractivity (Wildman–Crippen MR) is 73.7 cm³/mol. The van der Waals surface area contributed by atoms with E-state index in [9.17, 15) is 14.3 Å². The van der Waals surface area contributed by atoms with Gasteiger partial charge in [0.25, 0.3) is 5.91 Å². The Labute approximate surface area is 113 Å². The molecule has 0 aliphatic rings. The van der Waals surface area contributed by atoms with Gasteiger partial charge in [-0.2, -0.15) is 0 Å². The van der Waals surface area contributed by atoms with Gasteiger partial charge in [-0.25, -0.2) is 4.39 Å². The SMILES string of the molecule is CC(O)CC(CNC(=O)C(C)(C)F)c1ccccc1. The van der Waals surface area contributed by atoms with Gasteiger partial charge in [-0.05, 0) is 32.8 Å². The second-order valence-electron chi connectivity index (χ2n) is 5.37. The molecule has 2 N–H and O–H groups in total. The Morgan fingerprint density at radius 1 is 1.37 bits per heavy atom. The van der Waals surface area contributed by atoms with Crippen molar-refractivity contribution in [1.82, 2.24) is 5.32 Å². The van der Waals surface area contributed by atoms with E-state index < -0.39 is 17.7 Å². The summed E-state index contributed by atoms with van der Waals surface area (Å²) >= 11 is 0. The molecule has 2 unspecified atom stereocenters. The zero-order valence-electron chi connectivity index (χ0n) is 11.7. The maximum Gasteiger partial charge on any atom is 0.257 e. The molecule has 1 amide bonds. The van der Waals surface area contributed by atoms with Crippen LogP contribution in [0.2, 0.25) is 0 Å². The number of aliphatic hydroxyl groups excluding tert-OH is 1. The largest absolute Gasteiger partial charge is 0.393 e. The highest BCUT2D eigenvalue weighted by Crippen LogP contribution is 2.21. The van der Waals surface area contributed by atoms with Crippen LogP contribution in [-0.4, -0.2) is 29.3 Å². The van der Waals surface area contributed by atoms with Gasteiger partial charge >= 0.3 is 0 Å². The minimum Gasteiger partial charge on any atom is -0.393 e. The summed E-state index contributed by atoms with van der Waals surface area (Å²) in [7, 11) is 0. The lowest BCUT2D eigenvalue weighted by Crippen LogP contribution is -2.40. The third-order valence-electron chi connectivity index (χ3n) is 2.95. The maximum atomic E-state index is 13.4. The third kappa shape index (κ3) is 5.39. The van der Waals surface area contributed by atoms with Crippen LogP contribution in [0.15, 0.2) is 30.3 Å². The molecule has 3 nitrogen and oxygen atoms in total. The highest BCUT2D eigenvalue weighted by molar-refractivity contribution is 5.84. The van der Waals surface area contributed by atoms with Crippen molar-refractivity contribution in [1.29, 1.82) is 0 Å². The monoisotopic (exact) mass is 267 g/mol. The number of nitrogens with one attached hydrogen (secondary N) is 1. The van der Waals surface area contributed by atoms with Gasteiger partial charge in [-0.15, -0.1) is 0 Å². The third-order valence-corrected chi connectivity index (χ3v) is 2.95. The Morgan fingerprint density at radius 2 is 1.95 bits per heavy atom. The lowest BCUT2D eigenvalue weighted by molar-refractivity contribution is -0.130. The molecule has 1 aromatic carbocycles. The van der Waals surface area contributed by atoms with Crippen molar-refractivity contribution in [3.05, 3.63) is 35.9 Å². The standard InChI is InChI=1S/C15H22FNO2/c1-11(18)9-13(12-7-5-4-6-8-12)10-17-14(19)15(2,3)16/h4-8,11,13,18H,9-10H2,1-3H3,(H,17,19). The Morgan fingerprint density at radius 3 is 2.42 bits per heavy atom. The van der Waals surface area contributed by atoms with Gasteiger partial charge in [0.2, 0.25) is 0 Å². The maximum absolute atomic E-state index is 13.4. The summed E-state index contributed by atoms with van der Waals surface area (Å²) in [5.74, 6) is -0.647. The Kier molecular flexibility index (Phi) is 5.48. The van der Waals surface area contributed by atoms with E-state index in [4.69, 9.17) is 0 Å². The molecular formula is C15H22FNO2. The number of halogens is 1. The molecule has 1 rings (SSSR count). The summed E-state index contributed by atoms with van der Waals surface area (Å²) in [6.45, 7) is 4.49. The fourth-order valence-electron chi connectivity index (χ4n) is 1.90. The van der Waals surface area contributed by atoms with Crippen LogP contribution in [0.3, 0.4) is 0 Å². The van der Waals surface area contributed by atoms with E-state index in [-0.39, 0.29) is 5.92 Å². The van der Waals surface area contributed by atoms with E-state index in [0.717, 1.165) is 5.56 Å². The van der Waals surface area contributed by atoms with Crippen LogP contribution in [0, 0.1) is 0 Å². The predicted octanol–water partition coefficient (Wildman–Crippen LogP) is 2.41. The molecule has 0 saturated heterocycles. The molecule has 0 aromatic heterocycles. The summed E-state index contributed by atoms with van der Waals surface area (Å²) in [4.78, 5) is 11.5. The minimum atomic E-state index is -1.88. The first-order valence-electron chi connectivity index (χ1n) is 6.51. The number of benzene rings is 1. The molecule has 4 heteroatoms. The van der Waals surface area contributed by atoms with Crippen molar-refractivity contribution >= 4 is 5.91 Å². The summed E-state index contributed by atoms with van der Waals surface area (Å²) in [6.07, 6.45) is 0.0530. The van der Waals surface area contributed by atoms with Gasteiger partial charge in [-0.1, -0.05) is 30.3 Å². The molecule has 2 atom stereocenters. The highest BCUT2D eigenvalue weighted by atomic mass is 19.1. The van der Waals surface area contributed by atoms with E-state index in [1.165, 1.54) is 13.8 Å². The molecule has 0 spiro atoms. The second kappa shape index (κ2) is 6.66. The molecule has 1 aromatic rings. The van der Waals surface area contributed by atoms with E-state index in [2.05, 4.69) is 5.32 Å². The second-order valence-corrected chi connectivity index (χ2v) is 5.37. The van der Waals surface area contributed by atoms with Crippen molar-refractivity contribution < 1.29 is 14.3 Å². The zero-order valence-corrected chi connectivity index (χ0v) is 11.7. The van der Waals surface area contributed by atoms with Crippen molar-refractivity contribution in [2.75, 3.05) is 6.54 Å². The van der Waals surface area contributed by atoms with Gasteiger partial charge in [0.15, 0.2) is 5.67 Å². The Hall–Kier alpha value is -1.42. The van der Waals surface area contributed by atoms with Gasteiger partial charge in [-0.3, -0.25) is 4.79 Å². The number of hydrogen-bond donors (Lipinski definition) is 2. The average molecular weight is 267 g/mol. The minimum absolute atomic E-state index is 0.0208. The van der Waals surface area contributed by atoms with Crippen LogP contribution < -0.4 is 5.32 Å². The molecule has 0 fully saturated rings. The number of carbonyl (C=O) groups is 1. The van der Waals surface area contributed by atoms with E-state index in [0.29, 0.717) is 13.0 Å². The van der Waals surface area contributed by atoms with E-state index >= 15 is 0 Å². The van der Waals surface area contributed by atoms with Crippen molar-refractivity contribution in [2.24, 2.45) is 0 Å². The molecule has 0 heterocycles. The molecule has 0 bridgehead atoms. The normalized spacial score (nSPS) is 14.8. The van der Waals surface area contributed by atoms with Crippen LogP contribution >= 0.6 is 0 Å². The topological polar surface area (TPSA) is 49.3 Å². The smallest absolute Gasteiger partial charge is 0.257 e. The number of rotatable bonds is 6. The van der Waals surface area contributed by atoms with Crippen LogP contribution in [0.5, 0.6) is 0 Å². The molecule has 0 radical (unpaired) electrons. The first-order valence-corrected chi connectivity index (χ1v) is 6.51. The van der Waals surface area contributed by atoms with E-state index in [1.54, 1.807) is 6.92 Å². The number of amides is 1. The van der Waals surface area contributed by atoms with Gasteiger partial charge in [0.1, 0.15) is 0 Å². The van der Waals surface area contributed by atoms with Crippen LogP contribution in [0.1, 0.15) is 38.7 Å². The molecule has 19 heavy (non-hydrogen) atoms. The van der Waals surface area contributed by atoms with Crippen molar-refractivity contribution in [3.8, 4) is 0 Å². The van der Waals surface area contributed by atoms with E-state index in [1.807, 2.05) is 30.3 Å². The number of alkyl halides is 1. The summed E-state index contributed by atoms with van der Waals surface area (Å²) in [6, 6.07) is 9.61. The quantitative estimate of drug-likeness (QED) is 0.831. The summed E-state index contributed by atoms with van der Waals surface area (Å²) in [5.41, 5.74) is -0.855. The van der Waals surface area contributed by atoms with Gasteiger partial charge in [0.05, 0.1) is 6.10 Å². The Bertz CT molecular complexity index is 398. The number of aliphatic hydroxyl groups is 1. The highest BCUT2D eigenvalue weighted by Gasteiger charge is 2.27. The number of hydrogen-bond acceptors (Lipinski definition) is 2. The first kappa shape index (κ1) is 15.6. The molecule has 106 valence electrons. The fraction of sp³-hybridized carbons (Fsp3) is 0.533. The summed E-state index contributed by atoms with van der Waals surface area (Å²) < 4.78 is 13.4. The zero-order chi connectivity index (χ0) is 14.5. The van der Waals surface area contributed by atoms with Crippen molar-refractivity contribution in [3.63, 3.8) is 0 Å². The molecule has 0 saturated carbocycles. The number of carbonyl (C=O) groups excluding carboxylic acids is 1. The van der Waals surface area contributed by atoms with Gasteiger partial charge < -0.3 is 10.4 Å². The summed E-state index contributed by atoms with van der Waals surface area (Å²) in [5, 5.41) is 12.1. The van der Waals surface area contributed by atoms with Crippen LogP contribution in [-0.2, 0) is 4.79 Å². The lowest BCUT2D eigenvalue weighted by Gasteiger charge is -2.21. The molecule has 0 aliphatic carbocycles. The van der Waals surface area contributed by atoms with Crippen LogP contribution in [0.25, 0.3) is 0 Å². The van der Waals surface area contributed by atoms with Gasteiger partial charge in [0, 0.05) is 12.5 Å².